The fraction of sp³-hybridized carbons (Fsp3) is 0.571. The maximum atomic E-state index is 10.7. The van der Waals surface area contributed by atoms with Crippen LogP contribution in [0.5, 0.6) is 0 Å². The maximum Gasteiger partial charge on any atom is 0.192 e. The second kappa shape index (κ2) is 25.8. The summed E-state index contributed by atoms with van der Waals surface area (Å²) in [5, 5.41) is 11.0. The zero-order valence-corrected chi connectivity index (χ0v) is 35.4. The summed E-state index contributed by atoms with van der Waals surface area (Å²) in [6, 6.07) is 5.30. The van der Waals surface area contributed by atoms with Crippen LogP contribution in [0.2, 0.25) is 44.9 Å². The lowest BCUT2D eigenvalue weighted by Crippen LogP contribution is -2.40. The number of hydrogen-bond acceptors (Lipinski definition) is 9. The molecule has 0 saturated heterocycles. The summed E-state index contributed by atoms with van der Waals surface area (Å²) >= 11 is 15.6. The summed E-state index contributed by atoms with van der Waals surface area (Å²) in [7, 11) is -4.43. The molecule has 14 heteroatoms. The van der Waals surface area contributed by atoms with Crippen molar-refractivity contribution in [3.8, 4) is 0 Å². The van der Waals surface area contributed by atoms with E-state index in [4.69, 9.17) is 39.9 Å². The standard InChI is InChI=1S/C12H19ClO2SSi.C12H20O2SSi.C6H5ClO2S.C2H6.CH3F.2CH4/c1-12(2,3)17(4,5)15-8-9-6-10(7-14)16-11(9)13;1-12(2,3)16(4,5)14-8-10-6-11(7-13)15-9-10;7-6-4(2-8)1-5(3-9)10-6;2*1-2;;/h6-7H,8H2,1-5H3;6-7,9H,8H2,1-5H3;1,3,8H,2H2;1-2H3;1H3;2*1H4/i;;;2*1D;;. The van der Waals surface area contributed by atoms with Gasteiger partial charge in [-0.3, -0.25) is 18.8 Å². The summed E-state index contributed by atoms with van der Waals surface area (Å²) in [5.74, 6) is 0. The monoisotopic (exact) mass is 820 g/mol. The third kappa shape index (κ3) is 19.4. The van der Waals surface area contributed by atoms with Gasteiger partial charge in [0.25, 0.3) is 0 Å². The number of aldehydes is 3. The average molecular weight is 822 g/mol. The molecule has 49 heavy (non-hydrogen) atoms. The van der Waals surface area contributed by atoms with Gasteiger partial charge in [0, 0.05) is 12.5 Å². The van der Waals surface area contributed by atoms with Gasteiger partial charge in [-0.25, -0.2) is 0 Å². The molecule has 3 aromatic heterocycles. The van der Waals surface area contributed by atoms with Crippen LogP contribution >= 0.6 is 57.2 Å². The summed E-state index contributed by atoms with van der Waals surface area (Å²) in [6.45, 7) is 25.5. The van der Waals surface area contributed by atoms with Crippen molar-refractivity contribution in [1.29, 1.82) is 0 Å². The van der Waals surface area contributed by atoms with Crippen LogP contribution in [0.3, 0.4) is 0 Å². The average Bonchev–Trinajstić information content (AvgIpc) is 3.73. The third-order valence-electron chi connectivity index (χ3n) is 7.55. The molecule has 3 rings (SSSR count). The number of carbonyl (C=O) groups is 3. The van der Waals surface area contributed by atoms with E-state index in [0.29, 0.717) is 44.1 Å². The molecule has 0 unspecified atom stereocenters. The Balaban J connectivity index is -0.000000302. The van der Waals surface area contributed by atoms with Crippen LogP contribution in [0.15, 0.2) is 23.6 Å². The minimum atomic E-state index is -1.75. The predicted octanol–water partition coefficient (Wildman–Crippen LogP) is 13.4. The van der Waals surface area contributed by atoms with Gasteiger partial charge < -0.3 is 14.0 Å². The number of aliphatic hydroxyl groups excluding tert-OH is 1. The second-order valence-electron chi connectivity index (χ2n) is 12.9. The molecular formula is C35H61Cl2FO6S3Si2. The Hall–Kier alpha value is -1.07. The SMILES string of the molecule is C.C.CC(C)(C)[Si](C)(C)OCc1cc(C=O)sc1Cl.CC(C)(C)[Si](C)(C)OCc1csc(C=O)c1.O=Cc1cc(CO)c(Cl)s1.[2H]CC.[2H]CF. The van der Waals surface area contributed by atoms with Gasteiger partial charge in [0.05, 0.1) is 51.6 Å². The van der Waals surface area contributed by atoms with Gasteiger partial charge in [0.2, 0.25) is 0 Å². The molecule has 0 radical (unpaired) electrons. The topological polar surface area (TPSA) is 89.9 Å². The summed E-state index contributed by atoms with van der Waals surface area (Å²) < 4.78 is 35.0. The van der Waals surface area contributed by atoms with Crippen LogP contribution in [0, 0.1) is 0 Å². The van der Waals surface area contributed by atoms with Crippen molar-refractivity contribution >= 4 is 92.7 Å². The zero-order chi connectivity index (χ0) is 38.6. The first-order chi connectivity index (χ1) is 22.5. The summed E-state index contributed by atoms with van der Waals surface area (Å²) in [4.78, 5) is 33.3. The van der Waals surface area contributed by atoms with Crippen LogP contribution in [0.4, 0.5) is 4.39 Å². The van der Waals surface area contributed by atoms with Crippen molar-refractivity contribution in [1.82, 2.24) is 0 Å². The molecule has 0 amide bonds. The van der Waals surface area contributed by atoms with Crippen molar-refractivity contribution in [2.75, 3.05) is 7.15 Å². The quantitative estimate of drug-likeness (QED) is 0.162. The Labute approximate surface area is 323 Å². The molecule has 284 valence electrons. The highest BCUT2D eigenvalue weighted by atomic mass is 35.5. The van der Waals surface area contributed by atoms with Crippen molar-refractivity contribution in [3.63, 3.8) is 0 Å². The molecule has 0 aliphatic rings. The van der Waals surface area contributed by atoms with E-state index in [0.717, 1.165) is 34.9 Å². The van der Waals surface area contributed by atoms with Gasteiger partial charge >= 0.3 is 0 Å². The van der Waals surface area contributed by atoms with Crippen molar-refractivity contribution in [2.24, 2.45) is 0 Å². The molecule has 0 aromatic carbocycles. The molecule has 0 saturated carbocycles. The first-order valence-electron chi connectivity index (χ1n) is 16.0. The number of hydrogen-bond donors (Lipinski definition) is 1. The smallest absolute Gasteiger partial charge is 0.192 e. The molecule has 0 fully saturated rings. The molecule has 6 nitrogen and oxygen atoms in total. The molecule has 3 heterocycles. The van der Waals surface area contributed by atoms with E-state index in [1.54, 1.807) is 13.0 Å². The number of thiophene rings is 3. The molecular weight excluding hydrogens is 759 g/mol. The Morgan fingerprint density at radius 2 is 1.16 bits per heavy atom. The number of aliphatic hydroxyl groups is 1. The van der Waals surface area contributed by atoms with E-state index in [-0.39, 0.29) is 31.5 Å². The van der Waals surface area contributed by atoms with Crippen LogP contribution in [0.1, 0.15) is 119 Å². The minimum absolute atomic E-state index is 0. The lowest BCUT2D eigenvalue weighted by atomic mass is 10.2. The van der Waals surface area contributed by atoms with Gasteiger partial charge in [-0.1, -0.05) is 93.4 Å². The highest BCUT2D eigenvalue weighted by Gasteiger charge is 2.38. The van der Waals surface area contributed by atoms with Crippen molar-refractivity contribution in [2.45, 2.75) is 126 Å². The van der Waals surface area contributed by atoms with Crippen LogP contribution < -0.4 is 0 Å². The number of carbonyl (C=O) groups excluding carboxylic acids is 3. The molecule has 0 atom stereocenters. The minimum Gasteiger partial charge on any atom is -0.413 e. The van der Waals surface area contributed by atoms with Crippen LogP contribution in [-0.2, 0) is 28.7 Å². The van der Waals surface area contributed by atoms with Gasteiger partial charge in [-0.2, -0.15) is 0 Å². The zero-order valence-electron chi connectivity index (χ0n) is 31.4. The largest absolute Gasteiger partial charge is 0.413 e. The van der Waals surface area contributed by atoms with E-state index in [2.05, 4.69) is 67.7 Å². The Morgan fingerprint density at radius 3 is 1.47 bits per heavy atom. The molecule has 0 aliphatic heterocycles. The number of alkyl halides is 1. The van der Waals surface area contributed by atoms with Gasteiger partial charge in [0.1, 0.15) is 0 Å². The van der Waals surface area contributed by atoms with Crippen LogP contribution in [0.25, 0.3) is 0 Å². The summed E-state index contributed by atoms with van der Waals surface area (Å²) in [5.41, 5.74) is 2.65. The number of halogens is 3. The van der Waals surface area contributed by atoms with Gasteiger partial charge in [0.15, 0.2) is 35.5 Å². The highest BCUT2D eigenvalue weighted by molar-refractivity contribution is 7.18. The fourth-order valence-corrected chi connectivity index (χ4v) is 7.45. The Kier molecular flexibility index (Phi) is 26.4. The molecule has 3 aromatic rings. The Morgan fingerprint density at radius 1 is 0.796 bits per heavy atom. The lowest BCUT2D eigenvalue weighted by molar-refractivity contribution is 0.111. The Bertz CT molecular complexity index is 1390. The second-order valence-corrected chi connectivity index (χ2v) is 26.8. The van der Waals surface area contributed by atoms with Crippen molar-refractivity contribution < 1.29 is 35.5 Å². The van der Waals surface area contributed by atoms with E-state index >= 15 is 0 Å². The maximum absolute atomic E-state index is 10.7. The van der Waals surface area contributed by atoms with Gasteiger partial charge in [-0.05, 0) is 65.4 Å². The molecule has 1 N–H and O–H groups in total. The van der Waals surface area contributed by atoms with Crippen LogP contribution in [-0.4, -0.2) is 47.8 Å². The number of rotatable bonds is 10. The summed E-state index contributed by atoms with van der Waals surface area (Å²) in [6.07, 6.45) is 2.43. The molecule has 0 spiro atoms. The van der Waals surface area contributed by atoms with E-state index < -0.39 is 23.8 Å². The predicted molar refractivity (Wildman–Crippen MR) is 221 cm³/mol. The lowest BCUT2D eigenvalue weighted by Gasteiger charge is -2.36. The fourth-order valence-electron chi connectivity index (χ4n) is 2.66. The van der Waals surface area contributed by atoms with Crippen molar-refractivity contribution in [3.05, 3.63) is 63.6 Å². The normalized spacial score (nSPS) is 11.4. The molecule has 0 aliphatic carbocycles. The highest BCUT2D eigenvalue weighted by Crippen LogP contribution is 2.39. The van der Waals surface area contributed by atoms with E-state index in [9.17, 15) is 18.8 Å². The first-order valence-corrected chi connectivity index (χ1v) is 23.7. The van der Waals surface area contributed by atoms with Gasteiger partial charge in [-0.15, -0.1) is 34.0 Å². The first kappa shape index (κ1) is 50.0. The third-order valence-corrected chi connectivity index (χ3v) is 20.1. The van der Waals surface area contributed by atoms with E-state index in [1.807, 2.05) is 17.5 Å². The van der Waals surface area contributed by atoms with E-state index in [1.165, 1.54) is 34.0 Å². The molecule has 0 bridgehead atoms.